The minimum atomic E-state index is -0.689. The molecule has 0 saturated carbocycles. The molecule has 0 aliphatic rings. The molecule has 1 heterocycles. The number of para-hydroxylation sites is 2. The average molecular weight is 291 g/mol. The Hall–Kier alpha value is -2.08. The summed E-state index contributed by atoms with van der Waals surface area (Å²) in [6, 6.07) is 7.49. The second-order valence-corrected chi connectivity index (χ2v) is 6.02. The summed E-state index contributed by atoms with van der Waals surface area (Å²) in [5.74, 6) is 0.367. The molecular weight excluding hydrogens is 270 g/mol. The number of anilines is 1. The van der Waals surface area contributed by atoms with E-state index < -0.39 is 17.8 Å². The van der Waals surface area contributed by atoms with Gasteiger partial charge in [0.25, 0.3) is 0 Å². The summed E-state index contributed by atoms with van der Waals surface area (Å²) in [7, 11) is 0. The number of ether oxygens (including phenoxy) is 1. The molecule has 2 aromatic rings. The number of aliphatic hydroxyl groups is 1. The molecule has 1 aromatic heterocycles. The fraction of sp³-hybridized carbons (Fsp3) is 0.467. The lowest BCUT2D eigenvalue weighted by molar-refractivity contribution is 0.0557. The molecule has 0 saturated heterocycles. The number of imidazole rings is 1. The van der Waals surface area contributed by atoms with Crippen molar-refractivity contribution in [3.63, 3.8) is 0 Å². The van der Waals surface area contributed by atoms with E-state index in [4.69, 9.17) is 4.74 Å². The van der Waals surface area contributed by atoms with E-state index in [1.165, 1.54) is 4.90 Å². The van der Waals surface area contributed by atoms with Crippen molar-refractivity contribution >= 4 is 23.1 Å². The summed E-state index contributed by atoms with van der Waals surface area (Å²) in [5.41, 5.74) is 0.971. The molecule has 21 heavy (non-hydrogen) atoms. The third-order valence-electron chi connectivity index (χ3n) is 2.69. The maximum atomic E-state index is 12.3. The van der Waals surface area contributed by atoms with Gasteiger partial charge in [0, 0.05) is 0 Å². The van der Waals surface area contributed by atoms with Gasteiger partial charge in [0.05, 0.1) is 23.7 Å². The van der Waals surface area contributed by atoms with Crippen molar-refractivity contribution in [3.05, 3.63) is 24.3 Å². The molecule has 0 spiro atoms. The number of fused-ring (bicyclic) bond motifs is 1. The van der Waals surface area contributed by atoms with Gasteiger partial charge >= 0.3 is 6.09 Å². The van der Waals surface area contributed by atoms with Gasteiger partial charge in [-0.3, -0.25) is 0 Å². The zero-order valence-electron chi connectivity index (χ0n) is 12.8. The lowest BCUT2D eigenvalue weighted by atomic mass is 10.2. The van der Waals surface area contributed by atoms with E-state index in [-0.39, 0.29) is 6.54 Å². The highest BCUT2D eigenvalue weighted by Crippen LogP contribution is 2.20. The van der Waals surface area contributed by atoms with Crippen LogP contribution in [-0.2, 0) is 4.74 Å². The number of carbonyl (C=O) groups excluding carboxylic acids is 1. The van der Waals surface area contributed by atoms with Gasteiger partial charge < -0.3 is 14.8 Å². The number of amides is 1. The minimum Gasteiger partial charge on any atom is -0.443 e. The van der Waals surface area contributed by atoms with Crippen LogP contribution >= 0.6 is 0 Å². The van der Waals surface area contributed by atoms with Crippen LogP contribution in [0.4, 0.5) is 10.7 Å². The molecule has 1 aromatic carbocycles. The molecule has 2 rings (SSSR count). The maximum Gasteiger partial charge on any atom is 0.417 e. The first kappa shape index (κ1) is 15.3. The number of hydrogen-bond donors (Lipinski definition) is 2. The second kappa shape index (κ2) is 5.73. The van der Waals surface area contributed by atoms with Crippen LogP contribution < -0.4 is 4.90 Å². The molecule has 0 aliphatic heterocycles. The molecule has 1 amide bonds. The molecule has 0 aliphatic carbocycles. The maximum absolute atomic E-state index is 12.3. The van der Waals surface area contributed by atoms with Crippen LogP contribution in [0, 0.1) is 0 Å². The van der Waals surface area contributed by atoms with Crippen LogP contribution in [0.25, 0.3) is 11.0 Å². The van der Waals surface area contributed by atoms with Crippen LogP contribution in [-0.4, -0.2) is 39.4 Å². The van der Waals surface area contributed by atoms with Crippen molar-refractivity contribution in [1.29, 1.82) is 0 Å². The monoisotopic (exact) mass is 291 g/mol. The number of nitrogens with zero attached hydrogens (tertiary/aromatic N) is 2. The van der Waals surface area contributed by atoms with E-state index in [0.29, 0.717) is 5.95 Å². The number of H-pyrrole nitrogens is 1. The van der Waals surface area contributed by atoms with Gasteiger partial charge in [0.15, 0.2) is 0 Å². The summed E-state index contributed by atoms with van der Waals surface area (Å²) in [5, 5.41) is 9.62. The zero-order valence-corrected chi connectivity index (χ0v) is 12.8. The predicted octanol–water partition coefficient (Wildman–Crippen LogP) is 2.69. The number of rotatable bonds is 3. The van der Waals surface area contributed by atoms with E-state index in [0.717, 1.165) is 11.0 Å². The lowest BCUT2D eigenvalue weighted by Gasteiger charge is -2.26. The molecule has 1 unspecified atom stereocenters. The van der Waals surface area contributed by atoms with Crippen molar-refractivity contribution in [2.75, 3.05) is 11.4 Å². The van der Waals surface area contributed by atoms with Gasteiger partial charge in [0.2, 0.25) is 5.95 Å². The molecule has 6 nitrogen and oxygen atoms in total. The van der Waals surface area contributed by atoms with Gasteiger partial charge in [-0.1, -0.05) is 12.1 Å². The van der Waals surface area contributed by atoms with E-state index in [2.05, 4.69) is 9.97 Å². The van der Waals surface area contributed by atoms with Gasteiger partial charge in [-0.15, -0.1) is 0 Å². The van der Waals surface area contributed by atoms with Crippen LogP contribution in [0.3, 0.4) is 0 Å². The van der Waals surface area contributed by atoms with E-state index >= 15 is 0 Å². The number of hydrogen-bond acceptors (Lipinski definition) is 4. The number of aromatic nitrogens is 2. The average Bonchev–Trinajstić information content (AvgIpc) is 2.76. The quantitative estimate of drug-likeness (QED) is 0.911. The molecule has 114 valence electrons. The van der Waals surface area contributed by atoms with Gasteiger partial charge in [-0.2, -0.15) is 0 Å². The van der Waals surface area contributed by atoms with Crippen molar-refractivity contribution in [3.8, 4) is 0 Å². The zero-order chi connectivity index (χ0) is 15.6. The summed E-state index contributed by atoms with van der Waals surface area (Å²) in [6.45, 7) is 7.10. The second-order valence-electron chi connectivity index (χ2n) is 6.02. The van der Waals surface area contributed by atoms with Crippen molar-refractivity contribution in [2.45, 2.75) is 39.4 Å². The molecule has 1 atom stereocenters. The first-order valence-corrected chi connectivity index (χ1v) is 6.89. The Labute approximate surface area is 123 Å². The van der Waals surface area contributed by atoms with Crippen LogP contribution in [0.15, 0.2) is 24.3 Å². The van der Waals surface area contributed by atoms with E-state index in [9.17, 15) is 9.90 Å². The standard InChI is InChI=1S/C15H21N3O3/c1-10(19)9-18(14(20)21-15(2,3)4)13-16-11-7-5-6-8-12(11)17-13/h5-8,10,19H,9H2,1-4H3,(H,16,17). The Morgan fingerprint density at radius 2 is 2.10 bits per heavy atom. The molecular formula is C15H21N3O3. The predicted molar refractivity (Wildman–Crippen MR) is 81.4 cm³/mol. The summed E-state index contributed by atoms with van der Waals surface area (Å²) in [4.78, 5) is 21.1. The van der Waals surface area contributed by atoms with Gasteiger partial charge in [0.1, 0.15) is 5.60 Å². The SMILES string of the molecule is CC(O)CN(C(=O)OC(C)(C)C)c1nc2ccccc2[nH]1. The fourth-order valence-corrected chi connectivity index (χ4v) is 1.90. The van der Waals surface area contributed by atoms with Gasteiger partial charge in [-0.25, -0.2) is 14.7 Å². The number of aromatic amines is 1. The number of benzene rings is 1. The fourth-order valence-electron chi connectivity index (χ4n) is 1.90. The third-order valence-corrected chi connectivity index (χ3v) is 2.69. The van der Waals surface area contributed by atoms with E-state index in [1.807, 2.05) is 24.3 Å². The molecule has 0 radical (unpaired) electrons. The van der Waals surface area contributed by atoms with Crippen LogP contribution in [0.2, 0.25) is 0 Å². The molecule has 6 heteroatoms. The Kier molecular flexibility index (Phi) is 4.18. The molecule has 0 fully saturated rings. The number of carbonyl (C=O) groups is 1. The first-order valence-electron chi connectivity index (χ1n) is 6.89. The van der Waals surface area contributed by atoms with Crippen molar-refractivity contribution in [1.82, 2.24) is 9.97 Å². The Bertz CT molecular complexity index is 595. The van der Waals surface area contributed by atoms with Crippen LogP contribution in [0.5, 0.6) is 0 Å². The van der Waals surface area contributed by atoms with Crippen molar-refractivity contribution in [2.24, 2.45) is 0 Å². The lowest BCUT2D eigenvalue weighted by Crippen LogP contribution is -2.41. The summed E-state index contributed by atoms with van der Waals surface area (Å²) < 4.78 is 5.37. The third kappa shape index (κ3) is 3.95. The summed E-state index contributed by atoms with van der Waals surface area (Å²) >= 11 is 0. The highest BCUT2D eigenvalue weighted by Gasteiger charge is 2.26. The number of aliphatic hydroxyl groups excluding tert-OH is 1. The minimum absolute atomic E-state index is 0.106. The molecule has 0 bridgehead atoms. The smallest absolute Gasteiger partial charge is 0.417 e. The van der Waals surface area contributed by atoms with Crippen LogP contribution in [0.1, 0.15) is 27.7 Å². The Balaban J connectivity index is 2.32. The van der Waals surface area contributed by atoms with Crippen molar-refractivity contribution < 1.29 is 14.6 Å². The first-order chi connectivity index (χ1) is 9.76. The largest absolute Gasteiger partial charge is 0.443 e. The topological polar surface area (TPSA) is 78.4 Å². The Morgan fingerprint density at radius 3 is 2.67 bits per heavy atom. The summed E-state index contributed by atoms with van der Waals surface area (Å²) in [6.07, 6.45) is -1.23. The van der Waals surface area contributed by atoms with E-state index in [1.54, 1.807) is 27.7 Å². The number of nitrogens with one attached hydrogen (secondary N) is 1. The Morgan fingerprint density at radius 1 is 1.43 bits per heavy atom. The highest BCUT2D eigenvalue weighted by atomic mass is 16.6. The highest BCUT2D eigenvalue weighted by molar-refractivity contribution is 5.88. The normalized spacial score (nSPS) is 13.2. The molecule has 2 N–H and O–H groups in total. The van der Waals surface area contributed by atoms with Gasteiger partial charge in [-0.05, 0) is 39.8 Å².